The van der Waals surface area contributed by atoms with Crippen molar-refractivity contribution in [3.05, 3.63) is 0 Å². The van der Waals surface area contributed by atoms with E-state index in [2.05, 4.69) is 0 Å². The standard InChI is InChI=1S/C39H71NO30/c1-10(2)61-31-20(50)15(7-44)64-37(27(31)57)69-33-22(52)16(8-45)65-38(28(33)58)70-34-23(53)17(66-39(29(34)59)67-30(11(46)3-40)18(48)12(47)4-41)9-60-35-26(56)32(21(51)14(6-43)62-35)68-36-25(55)24(54)19(49)13(5-42)63-36/h10-39,41-59H,3-9,40H2,1-2H3. The molecule has 31 heteroatoms. The molecule has 31 nitrogen and oxygen atoms in total. The van der Waals surface area contributed by atoms with Gasteiger partial charge in [0.2, 0.25) is 0 Å². The lowest BCUT2D eigenvalue weighted by molar-refractivity contribution is -0.389. The lowest BCUT2D eigenvalue weighted by Gasteiger charge is -2.49. The van der Waals surface area contributed by atoms with Crippen LogP contribution in [0.3, 0.4) is 0 Å². The summed E-state index contributed by atoms with van der Waals surface area (Å²) in [5, 5.41) is 202. The summed E-state index contributed by atoms with van der Waals surface area (Å²) in [6, 6.07) is 0. The summed E-state index contributed by atoms with van der Waals surface area (Å²) < 4.78 is 62.1. The Morgan fingerprint density at radius 1 is 0.414 bits per heavy atom. The lowest BCUT2D eigenvalue weighted by Crippen LogP contribution is -2.67. The van der Waals surface area contributed by atoms with E-state index in [1.54, 1.807) is 13.8 Å². The Bertz CT molecular complexity index is 1530. The summed E-state index contributed by atoms with van der Waals surface area (Å²) in [4.78, 5) is 0. The fourth-order valence-electron chi connectivity index (χ4n) is 8.48. The Hall–Kier alpha value is -1.24. The molecule has 0 aromatic carbocycles. The van der Waals surface area contributed by atoms with Gasteiger partial charge in [0.25, 0.3) is 0 Å². The predicted octanol–water partition coefficient (Wildman–Crippen LogP) is -13.1. The second kappa shape index (κ2) is 26.5. The molecule has 0 saturated carbocycles. The van der Waals surface area contributed by atoms with E-state index < -0.39 is 230 Å². The van der Waals surface area contributed by atoms with E-state index in [9.17, 15) is 97.0 Å². The van der Waals surface area contributed by atoms with Gasteiger partial charge in [-0.3, -0.25) is 0 Å². The van der Waals surface area contributed by atoms with E-state index in [0.717, 1.165) is 0 Å². The molecule has 0 aromatic rings. The van der Waals surface area contributed by atoms with Crippen LogP contribution in [0.25, 0.3) is 0 Å². The van der Waals surface area contributed by atoms with Crippen molar-refractivity contribution in [1.29, 1.82) is 0 Å². The average molecular weight is 1030 g/mol. The van der Waals surface area contributed by atoms with Gasteiger partial charge in [-0.1, -0.05) is 0 Å². The number of rotatable bonds is 22. The van der Waals surface area contributed by atoms with Crippen LogP contribution < -0.4 is 5.73 Å². The van der Waals surface area contributed by atoms with Crippen molar-refractivity contribution in [2.75, 3.05) is 46.2 Å². The van der Waals surface area contributed by atoms with E-state index in [-0.39, 0.29) is 0 Å². The van der Waals surface area contributed by atoms with Crippen LogP contribution in [0.15, 0.2) is 0 Å². The fraction of sp³-hybridized carbons (Fsp3) is 1.00. The molecule has 5 aliphatic rings. The Morgan fingerprint density at radius 3 is 1.23 bits per heavy atom. The maximum absolute atomic E-state index is 11.8. The molecule has 21 N–H and O–H groups in total. The molecule has 29 atom stereocenters. The van der Waals surface area contributed by atoms with Gasteiger partial charge in [-0.2, -0.15) is 0 Å². The normalized spacial score (nSPS) is 46.9. The summed E-state index contributed by atoms with van der Waals surface area (Å²) in [5.41, 5.74) is 5.60. The molecule has 0 bridgehead atoms. The number of aliphatic hydroxyl groups is 19. The molecule has 5 fully saturated rings. The first-order valence-electron chi connectivity index (χ1n) is 22.5. The second-order valence-electron chi connectivity index (χ2n) is 17.8. The predicted molar refractivity (Wildman–Crippen MR) is 217 cm³/mol. The molecule has 5 rings (SSSR count). The van der Waals surface area contributed by atoms with Crippen molar-refractivity contribution in [2.24, 2.45) is 5.73 Å². The minimum Gasteiger partial charge on any atom is -0.394 e. The molecule has 412 valence electrons. The minimum absolute atomic E-state index is 0.582. The monoisotopic (exact) mass is 1030 g/mol. The molecular formula is C39H71NO30. The lowest BCUT2D eigenvalue weighted by atomic mass is 9.95. The van der Waals surface area contributed by atoms with Crippen LogP contribution in [0.2, 0.25) is 0 Å². The number of hydrogen-bond donors (Lipinski definition) is 20. The Labute approximate surface area is 398 Å². The van der Waals surface area contributed by atoms with Gasteiger partial charge in [-0.25, -0.2) is 0 Å². The molecule has 29 unspecified atom stereocenters. The van der Waals surface area contributed by atoms with Gasteiger partial charge in [0.1, 0.15) is 140 Å². The van der Waals surface area contributed by atoms with Gasteiger partial charge in [0.05, 0.1) is 51.8 Å². The van der Waals surface area contributed by atoms with Crippen LogP contribution in [0.5, 0.6) is 0 Å². The molecule has 0 radical (unpaired) electrons. The van der Waals surface area contributed by atoms with Gasteiger partial charge in [0.15, 0.2) is 31.5 Å². The van der Waals surface area contributed by atoms with E-state index in [0.29, 0.717) is 0 Å². The Kier molecular flexibility index (Phi) is 22.6. The van der Waals surface area contributed by atoms with Crippen molar-refractivity contribution < 1.29 is 149 Å². The van der Waals surface area contributed by atoms with Crippen molar-refractivity contribution >= 4 is 0 Å². The number of nitrogens with two attached hydrogens (primary N) is 1. The van der Waals surface area contributed by atoms with Crippen LogP contribution >= 0.6 is 0 Å². The van der Waals surface area contributed by atoms with Crippen LogP contribution in [-0.4, -0.2) is 327 Å². The van der Waals surface area contributed by atoms with Crippen molar-refractivity contribution in [3.8, 4) is 0 Å². The van der Waals surface area contributed by atoms with E-state index in [1.807, 2.05) is 0 Å². The second-order valence-corrected chi connectivity index (χ2v) is 17.8. The molecule has 5 heterocycles. The van der Waals surface area contributed by atoms with E-state index in [4.69, 9.17) is 57.8 Å². The van der Waals surface area contributed by atoms with Crippen LogP contribution in [0, 0.1) is 0 Å². The van der Waals surface area contributed by atoms with Crippen molar-refractivity contribution in [1.82, 2.24) is 0 Å². The maximum Gasteiger partial charge on any atom is 0.187 e. The Balaban J connectivity index is 1.42. The fourth-order valence-corrected chi connectivity index (χ4v) is 8.48. The van der Waals surface area contributed by atoms with Crippen LogP contribution in [0.4, 0.5) is 0 Å². The highest BCUT2D eigenvalue weighted by atomic mass is 16.8. The third kappa shape index (κ3) is 13.2. The largest absolute Gasteiger partial charge is 0.394 e. The minimum atomic E-state index is -2.28. The highest BCUT2D eigenvalue weighted by molar-refractivity contribution is 4.99. The zero-order chi connectivity index (χ0) is 52.0. The van der Waals surface area contributed by atoms with Crippen LogP contribution in [-0.2, 0) is 52.1 Å². The zero-order valence-corrected chi connectivity index (χ0v) is 37.8. The molecule has 5 aliphatic heterocycles. The molecule has 0 spiro atoms. The number of ether oxygens (including phenoxy) is 11. The van der Waals surface area contributed by atoms with E-state index >= 15 is 0 Å². The molecule has 70 heavy (non-hydrogen) atoms. The van der Waals surface area contributed by atoms with Gasteiger partial charge in [-0.15, -0.1) is 0 Å². The zero-order valence-electron chi connectivity index (χ0n) is 37.8. The SMILES string of the molecule is CC(C)OC1C(O)C(CO)OC(OC2C(O)C(CO)OC(OC3C(O)C(COC4OC(CO)C(O)C(OC5OC(CO)C(O)C(O)C5O)C4O)OC(OC(C(O)CN)C(O)C(O)CO)C3O)C2O)C1O. The molecule has 5 saturated heterocycles. The first-order chi connectivity index (χ1) is 33.1. The highest BCUT2D eigenvalue weighted by Gasteiger charge is 2.56. The Morgan fingerprint density at radius 2 is 0.786 bits per heavy atom. The van der Waals surface area contributed by atoms with Crippen LogP contribution in [0.1, 0.15) is 13.8 Å². The third-order valence-corrected chi connectivity index (χ3v) is 12.5. The maximum atomic E-state index is 11.8. The van der Waals surface area contributed by atoms with Gasteiger partial charge in [-0.05, 0) is 13.8 Å². The summed E-state index contributed by atoms with van der Waals surface area (Å²) >= 11 is 0. The number of aliphatic hydroxyl groups excluding tert-OH is 19. The molecular weight excluding hydrogens is 962 g/mol. The number of hydrogen-bond acceptors (Lipinski definition) is 31. The summed E-state index contributed by atoms with van der Waals surface area (Å²) in [5.74, 6) is 0. The summed E-state index contributed by atoms with van der Waals surface area (Å²) in [6.45, 7) is -3.18. The third-order valence-electron chi connectivity index (χ3n) is 12.5. The van der Waals surface area contributed by atoms with E-state index in [1.165, 1.54) is 0 Å². The molecule has 0 aromatic heterocycles. The smallest absolute Gasteiger partial charge is 0.187 e. The topological polar surface area (TPSA) is 512 Å². The molecule has 0 aliphatic carbocycles. The molecule has 0 amide bonds. The van der Waals surface area contributed by atoms with Gasteiger partial charge >= 0.3 is 0 Å². The summed E-state index contributed by atoms with van der Waals surface area (Å²) in [7, 11) is 0. The summed E-state index contributed by atoms with van der Waals surface area (Å²) in [6.07, 6.45) is -55.9. The van der Waals surface area contributed by atoms with Gasteiger partial charge < -0.3 is 155 Å². The quantitative estimate of drug-likeness (QED) is 0.0479. The van der Waals surface area contributed by atoms with Crippen molar-refractivity contribution in [2.45, 2.75) is 198 Å². The average Bonchev–Trinajstić information content (AvgIpc) is 3.34. The first kappa shape index (κ1) is 59.6. The highest BCUT2D eigenvalue weighted by Crippen LogP contribution is 2.36. The van der Waals surface area contributed by atoms with Gasteiger partial charge in [0, 0.05) is 6.54 Å². The first-order valence-corrected chi connectivity index (χ1v) is 22.5. The van der Waals surface area contributed by atoms with Crippen molar-refractivity contribution in [3.63, 3.8) is 0 Å².